The highest BCUT2D eigenvalue weighted by Crippen LogP contribution is 2.29. The van der Waals surface area contributed by atoms with Crippen molar-refractivity contribution >= 4 is 26.8 Å². The molecule has 0 aliphatic rings. The van der Waals surface area contributed by atoms with Gasteiger partial charge in [-0.2, -0.15) is 0 Å². The van der Waals surface area contributed by atoms with Crippen LogP contribution >= 0.6 is 15.9 Å². The molecular formula is C11H13BrN2. The number of hydrogen-bond donors (Lipinski definition) is 2. The molecular weight excluding hydrogens is 240 g/mol. The first-order chi connectivity index (χ1) is 6.74. The van der Waals surface area contributed by atoms with Crippen LogP contribution in [0.2, 0.25) is 0 Å². The molecule has 0 unspecified atom stereocenters. The second kappa shape index (κ2) is 3.75. The quantitative estimate of drug-likeness (QED) is 0.848. The highest BCUT2D eigenvalue weighted by Gasteiger charge is 2.09. The standard InChI is InChI=1S/C11H13BrN2/c1-7-8(5-6-13)11-9(12)3-2-4-10(11)14-7/h2-4,14H,5-6,13H2,1H3. The fourth-order valence-electron chi connectivity index (χ4n) is 1.86. The van der Waals surface area contributed by atoms with Crippen molar-refractivity contribution in [1.82, 2.24) is 4.98 Å². The molecule has 1 aromatic heterocycles. The van der Waals surface area contributed by atoms with Gasteiger partial charge in [0.15, 0.2) is 0 Å². The Morgan fingerprint density at radius 1 is 1.43 bits per heavy atom. The summed E-state index contributed by atoms with van der Waals surface area (Å²) in [5.41, 5.74) is 9.33. The van der Waals surface area contributed by atoms with Gasteiger partial charge in [-0.1, -0.05) is 22.0 Å². The molecule has 0 amide bonds. The largest absolute Gasteiger partial charge is 0.358 e. The number of rotatable bonds is 2. The van der Waals surface area contributed by atoms with Gasteiger partial charge in [0.1, 0.15) is 0 Å². The van der Waals surface area contributed by atoms with E-state index in [1.807, 2.05) is 6.07 Å². The van der Waals surface area contributed by atoms with E-state index in [0.717, 1.165) is 10.9 Å². The lowest BCUT2D eigenvalue weighted by Crippen LogP contribution is -2.03. The van der Waals surface area contributed by atoms with Crippen LogP contribution in [-0.2, 0) is 6.42 Å². The Morgan fingerprint density at radius 3 is 2.93 bits per heavy atom. The SMILES string of the molecule is Cc1[nH]c2cccc(Br)c2c1CCN. The summed E-state index contributed by atoms with van der Waals surface area (Å²) in [6.45, 7) is 2.78. The molecule has 0 atom stereocenters. The van der Waals surface area contributed by atoms with Crippen molar-refractivity contribution in [2.24, 2.45) is 5.73 Å². The van der Waals surface area contributed by atoms with E-state index in [9.17, 15) is 0 Å². The van der Waals surface area contributed by atoms with Gasteiger partial charge in [-0.05, 0) is 37.6 Å². The van der Waals surface area contributed by atoms with Crippen molar-refractivity contribution in [3.05, 3.63) is 33.9 Å². The van der Waals surface area contributed by atoms with Crippen molar-refractivity contribution in [3.63, 3.8) is 0 Å². The number of aromatic amines is 1. The topological polar surface area (TPSA) is 41.8 Å². The summed E-state index contributed by atoms with van der Waals surface area (Å²) in [7, 11) is 0. The second-order valence-corrected chi connectivity index (χ2v) is 4.28. The summed E-state index contributed by atoms with van der Waals surface area (Å²) in [6.07, 6.45) is 0.925. The van der Waals surface area contributed by atoms with Crippen LogP contribution < -0.4 is 5.73 Å². The van der Waals surface area contributed by atoms with Crippen LogP contribution in [-0.4, -0.2) is 11.5 Å². The summed E-state index contributed by atoms with van der Waals surface area (Å²) in [4.78, 5) is 3.37. The van der Waals surface area contributed by atoms with E-state index in [4.69, 9.17) is 5.73 Å². The smallest absolute Gasteiger partial charge is 0.0470 e. The Labute approximate surface area is 91.6 Å². The maximum atomic E-state index is 5.60. The Bertz CT molecular complexity index is 460. The first kappa shape index (κ1) is 9.74. The Hall–Kier alpha value is -0.800. The lowest BCUT2D eigenvalue weighted by atomic mass is 10.1. The molecule has 0 radical (unpaired) electrons. The van der Waals surface area contributed by atoms with Crippen LogP contribution in [0.4, 0.5) is 0 Å². The molecule has 2 nitrogen and oxygen atoms in total. The lowest BCUT2D eigenvalue weighted by molar-refractivity contribution is 0.963. The van der Waals surface area contributed by atoms with Gasteiger partial charge < -0.3 is 10.7 Å². The Kier molecular flexibility index (Phi) is 2.61. The summed E-state index contributed by atoms with van der Waals surface area (Å²) in [5.74, 6) is 0. The van der Waals surface area contributed by atoms with Crippen LogP contribution in [0, 0.1) is 6.92 Å². The predicted octanol–water partition coefficient (Wildman–Crippen LogP) is 2.74. The predicted molar refractivity (Wildman–Crippen MR) is 63.5 cm³/mol. The molecule has 3 N–H and O–H groups in total. The average molecular weight is 253 g/mol. The molecule has 0 saturated heterocycles. The van der Waals surface area contributed by atoms with E-state index in [1.54, 1.807) is 0 Å². The van der Waals surface area contributed by atoms with E-state index in [-0.39, 0.29) is 0 Å². The molecule has 0 saturated carbocycles. The fourth-order valence-corrected chi connectivity index (χ4v) is 2.46. The van der Waals surface area contributed by atoms with E-state index in [1.165, 1.54) is 22.2 Å². The highest BCUT2D eigenvalue weighted by molar-refractivity contribution is 9.10. The van der Waals surface area contributed by atoms with Crippen molar-refractivity contribution < 1.29 is 0 Å². The van der Waals surface area contributed by atoms with Gasteiger partial charge in [0.2, 0.25) is 0 Å². The fraction of sp³-hybridized carbons (Fsp3) is 0.273. The molecule has 1 heterocycles. The molecule has 1 aromatic carbocycles. The molecule has 0 fully saturated rings. The normalized spacial score (nSPS) is 11.1. The molecule has 3 heteroatoms. The van der Waals surface area contributed by atoms with Gasteiger partial charge in [0.25, 0.3) is 0 Å². The van der Waals surface area contributed by atoms with Crippen LogP contribution in [0.1, 0.15) is 11.3 Å². The van der Waals surface area contributed by atoms with E-state index >= 15 is 0 Å². The van der Waals surface area contributed by atoms with Gasteiger partial charge in [0, 0.05) is 21.1 Å². The van der Waals surface area contributed by atoms with Crippen LogP contribution in [0.25, 0.3) is 10.9 Å². The van der Waals surface area contributed by atoms with E-state index in [0.29, 0.717) is 6.54 Å². The number of H-pyrrole nitrogens is 1. The number of halogens is 1. The second-order valence-electron chi connectivity index (χ2n) is 3.43. The highest BCUT2D eigenvalue weighted by atomic mass is 79.9. The third-order valence-electron chi connectivity index (χ3n) is 2.48. The van der Waals surface area contributed by atoms with Crippen LogP contribution in [0.15, 0.2) is 22.7 Å². The van der Waals surface area contributed by atoms with Gasteiger partial charge in [-0.15, -0.1) is 0 Å². The van der Waals surface area contributed by atoms with Crippen molar-refractivity contribution in [2.75, 3.05) is 6.54 Å². The molecule has 0 aliphatic carbocycles. The Balaban J connectivity index is 2.73. The number of nitrogens with two attached hydrogens (primary N) is 1. The summed E-state index contributed by atoms with van der Waals surface area (Å²) >= 11 is 3.57. The zero-order chi connectivity index (χ0) is 10.1. The minimum absolute atomic E-state index is 0.690. The van der Waals surface area contributed by atoms with Crippen LogP contribution in [0.5, 0.6) is 0 Å². The van der Waals surface area contributed by atoms with Gasteiger partial charge in [-0.25, -0.2) is 0 Å². The Morgan fingerprint density at radius 2 is 2.21 bits per heavy atom. The first-order valence-electron chi connectivity index (χ1n) is 4.69. The third kappa shape index (κ3) is 1.47. The van der Waals surface area contributed by atoms with Crippen molar-refractivity contribution in [3.8, 4) is 0 Å². The first-order valence-corrected chi connectivity index (χ1v) is 5.49. The molecule has 0 spiro atoms. The maximum Gasteiger partial charge on any atom is 0.0470 e. The lowest BCUT2D eigenvalue weighted by Gasteiger charge is -1.99. The molecule has 2 rings (SSSR count). The van der Waals surface area contributed by atoms with Gasteiger partial charge in [0.05, 0.1) is 0 Å². The number of aromatic nitrogens is 1. The number of hydrogen-bond acceptors (Lipinski definition) is 1. The van der Waals surface area contributed by atoms with Gasteiger partial charge in [-0.3, -0.25) is 0 Å². The monoisotopic (exact) mass is 252 g/mol. The van der Waals surface area contributed by atoms with E-state index in [2.05, 4.69) is 40.0 Å². The number of fused-ring (bicyclic) bond motifs is 1. The number of nitrogens with one attached hydrogen (secondary N) is 1. The summed E-state index contributed by atoms with van der Waals surface area (Å²) in [6, 6.07) is 6.19. The summed E-state index contributed by atoms with van der Waals surface area (Å²) in [5, 5.41) is 1.27. The zero-order valence-electron chi connectivity index (χ0n) is 8.10. The number of benzene rings is 1. The zero-order valence-corrected chi connectivity index (χ0v) is 9.69. The minimum Gasteiger partial charge on any atom is -0.358 e. The maximum absolute atomic E-state index is 5.60. The van der Waals surface area contributed by atoms with Crippen molar-refractivity contribution in [2.45, 2.75) is 13.3 Å². The van der Waals surface area contributed by atoms with Crippen LogP contribution in [0.3, 0.4) is 0 Å². The molecule has 74 valence electrons. The average Bonchev–Trinajstić information content (AvgIpc) is 2.45. The molecule has 14 heavy (non-hydrogen) atoms. The minimum atomic E-state index is 0.690. The third-order valence-corrected chi connectivity index (χ3v) is 3.15. The number of aryl methyl sites for hydroxylation is 1. The van der Waals surface area contributed by atoms with Gasteiger partial charge >= 0.3 is 0 Å². The van der Waals surface area contributed by atoms with E-state index < -0.39 is 0 Å². The molecule has 2 aromatic rings. The summed E-state index contributed by atoms with van der Waals surface area (Å²) < 4.78 is 1.14. The van der Waals surface area contributed by atoms with Crippen molar-refractivity contribution in [1.29, 1.82) is 0 Å². The molecule has 0 bridgehead atoms. The molecule has 0 aliphatic heterocycles.